The number of carbonyl (C=O) groups excluding carboxylic acids is 3. The maximum absolute atomic E-state index is 14.5. The third-order valence-corrected chi connectivity index (χ3v) is 13.5. The Morgan fingerprint density at radius 3 is 2.46 bits per heavy atom. The molecule has 0 radical (unpaired) electrons. The minimum Gasteiger partial charge on any atom is -0.479 e. The third kappa shape index (κ3) is 9.71. The van der Waals surface area contributed by atoms with Gasteiger partial charge in [-0.2, -0.15) is 0 Å². The number of aryl methyl sites for hydroxylation is 1. The van der Waals surface area contributed by atoms with Crippen molar-refractivity contribution in [1.82, 2.24) is 19.8 Å². The SMILES string of the molecule is CCCCc1c2c(nc3cc4c(cc13)OCO4)-c1cc3c(c(=O)n1C2)COC(=O)[C@@]3(CC)OCN(CCS(C)(=O)=O)C(=O)OCc1ccc(O[C@@H]2O[C@H](C(=O)O)[C@@H](O)[C@H](O)[C@H]2O)c(NC(=O)CNC)c1. The first-order valence-electron chi connectivity index (χ1n) is 22.5. The number of aliphatic hydroxyl groups excluding tert-OH is 3. The van der Waals surface area contributed by atoms with Gasteiger partial charge in [-0.1, -0.05) is 26.3 Å². The molecule has 24 heteroatoms. The average Bonchev–Trinajstić information content (AvgIpc) is 3.94. The number of amides is 2. The molecule has 2 aromatic heterocycles. The van der Waals surface area contributed by atoms with Gasteiger partial charge in [0, 0.05) is 35.4 Å². The normalized spacial score (nSPS) is 22.2. The first kappa shape index (κ1) is 50.0. The molecule has 70 heavy (non-hydrogen) atoms. The molecule has 0 bridgehead atoms. The lowest BCUT2D eigenvalue weighted by Gasteiger charge is -2.38. The molecule has 4 aliphatic rings. The number of rotatable bonds is 18. The van der Waals surface area contributed by atoms with Crippen molar-refractivity contribution in [3.63, 3.8) is 0 Å². The molecule has 0 saturated carbocycles. The van der Waals surface area contributed by atoms with Crippen LogP contribution in [0.2, 0.25) is 0 Å². The number of aliphatic hydroxyl groups is 3. The molecule has 2 amide bonds. The Bertz CT molecular complexity index is 2910. The molecule has 2 aromatic carbocycles. The van der Waals surface area contributed by atoms with Crippen LogP contribution in [0.25, 0.3) is 22.3 Å². The fraction of sp³-hybridized carbons (Fsp3) is 0.478. The van der Waals surface area contributed by atoms with Crippen LogP contribution in [0.4, 0.5) is 10.5 Å². The molecular formula is C46H53N5O18S. The maximum atomic E-state index is 14.5. The molecule has 6 atom stereocenters. The van der Waals surface area contributed by atoms with Gasteiger partial charge in [-0.15, -0.1) is 0 Å². The van der Waals surface area contributed by atoms with E-state index in [1.165, 1.54) is 25.2 Å². The molecule has 0 aliphatic carbocycles. The third-order valence-electron chi connectivity index (χ3n) is 12.6. The number of esters is 1. The fourth-order valence-corrected chi connectivity index (χ4v) is 9.38. The predicted octanol–water partition coefficient (Wildman–Crippen LogP) is 1.25. The number of hydrogen-bond acceptors (Lipinski definition) is 19. The number of sulfone groups is 1. The van der Waals surface area contributed by atoms with E-state index in [4.69, 9.17) is 38.1 Å². The number of fused-ring (bicyclic) bond motifs is 6. The van der Waals surface area contributed by atoms with Crippen LogP contribution >= 0.6 is 0 Å². The van der Waals surface area contributed by atoms with Crippen molar-refractivity contribution in [2.45, 2.75) is 95.6 Å². The van der Waals surface area contributed by atoms with Crippen LogP contribution in [-0.2, 0) is 74.9 Å². The molecule has 376 valence electrons. The van der Waals surface area contributed by atoms with Crippen molar-refractivity contribution in [1.29, 1.82) is 0 Å². The topological polar surface area (TPSA) is 310 Å². The number of ether oxygens (including phenoxy) is 7. The van der Waals surface area contributed by atoms with Crippen LogP contribution in [0.1, 0.15) is 60.9 Å². The number of carbonyl (C=O) groups is 4. The first-order chi connectivity index (χ1) is 33.4. The maximum Gasteiger partial charge on any atom is 0.411 e. The number of hydrogen-bond donors (Lipinski definition) is 6. The van der Waals surface area contributed by atoms with Crippen molar-refractivity contribution in [2.75, 3.05) is 51.0 Å². The summed E-state index contributed by atoms with van der Waals surface area (Å²) in [6.07, 6.45) is -7.37. The predicted molar refractivity (Wildman–Crippen MR) is 244 cm³/mol. The minimum atomic E-state index is -3.68. The van der Waals surface area contributed by atoms with Gasteiger partial charge < -0.3 is 68.8 Å². The number of aromatic nitrogens is 2. The van der Waals surface area contributed by atoms with Gasteiger partial charge in [0.1, 0.15) is 53.8 Å². The summed E-state index contributed by atoms with van der Waals surface area (Å²) in [4.78, 5) is 72.7. The van der Waals surface area contributed by atoms with E-state index in [2.05, 4.69) is 17.6 Å². The second-order valence-corrected chi connectivity index (χ2v) is 19.6. The summed E-state index contributed by atoms with van der Waals surface area (Å²) in [6, 6.07) is 9.40. The number of nitrogens with one attached hydrogen (secondary N) is 2. The smallest absolute Gasteiger partial charge is 0.411 e. The Morgan fingerprint density at radius 2 is 1.76 bits per heavy atom. The van der Waals surface area contributed by atoms with Crippen LogP contribution in [0, 0.1) is 0 Å². The van der Waals surface area contributed by atoms with Crippen LogP contribution in [0.5, 0.6) is 17.2 Å². The van der Waals surface area contributed by atoms with Crippen molar-refractivity contribution < 1.29 is 81.2 Å². The summed E-state index contributed by atoms with van der Waals surface area (Å²) >= 11 is 0. The molecule has 0 spiro atoms. The molecule has 8 rings (SSSR count). The Kier molecular flexibility index (Phi) is 14.4. The van der Waals surface area contributed by atoms with Crippen LogP contribution in [0.15, 0.2) is 41.2 Å². The number of cyclic esters (lactones) is 1. The van der Waals surface area contributed by atoms with Crippen molar-refractivity contribution in [3.8, 4) is 28.6 Å². The summed E-state index contributed by atoms with van der Waals surface area (Å²) < 4.78 is 66.3. The minimum absolute atomic E-state index is 0.0635. The number of carboxylic acids is 1. The lowest BCUT2D eigenvalue weighted by atomic mass is 9.85. The zero-order valence-corrected chi connectivity index (χ0v) is 39.4. The fourth-order valence-electron chi connectivity index (χ4n) is 8.82. The van der Waals surface area contributed by atoms with E-state index in [0.29, 0.717) is 34.8 Å². The lowest BCUT2D eigenvalue weighted by Crippen LogP contribution is -2.61. The van der Waals surface area contributed by atoms with E-state index in [0.717, 1.165) is 40.5 Å². The van der Waals surface area contributed by atoms with Gasteiger partial charge in [0.25, 0.3) is 5.56 Å². The number of pyridine rings is 2. The van der Waals surface area contributed by atoms with Gasteiger partial charge >= 0.3 is 18.0 Å². The molecular weight excluding hydrogens is 943 g/mol. The first-order valence-corrected chi connectivity index (χ1v) is 24.5. The highest BCUT2D eigenvalue weighted by Crippen LogP contribution is 2.44. The van der Waals surface area contributed by atoms with E-state index in [1.807, 2.05) is 6.07 Å². The second kappa shape index (κ2) is 20.1. The van der Waals surface area contributed by atoms with Gasteiger partial charge in [-0.05, 0) is 61.7 Å². The van der Waals surface area contributed by atoms with Gasteiger partial charge in [0.05, 0.1) is 47.0 Å². The summed E-state index contributed by atoms with van der Waals surface area (Å²) in [5, 5.41) is 46.6. The summed E-state index contributed by atoms with van der Waals surface area (Å²) in [5.41, 5.74) is 1.67. The Balaban J connectivity index is 1.07. The van der Waals surface area contributed by atoms with Crippen LogP contribution in [0.3, 0.4) is 0 Å². The molecule has 23 nitrogen and oxygen atoms in total. The highest BCUT2D eigenvalue weighted by molar-refractivity contribution is 7.90. The number of nitrogens with zero attached hydrogens (tertiary/aromatic N) is 3. The standard InChI is InChI=1S/C46H53N5O18S/c1-5-7-8-24-25-14-33-34(66-22-65-33)16-29(25)49-36-26(24)18-51-31(36)15-28-27(41(51)56)20-63-44(59)46(28,6-2)67-21-50(11-12-70(4,61)62)45(60)64-19-23-9-10-32(30(13-23)48-35(52)17-47-3)68-43-39(55)37(53)38(54)40(69-43)42(57)58/h9-10,13-16,37-40,43,47,53-55H,5-8,11-12,17-22H2,1-4H3,(H,48,52)(H,57,58)/t37-,38-,39+,40-,43+,46-/m0/s1. The zero-order valence-electron chi connectivity index (χ0n) is 38.6. The molecule has 0 unspecified atom stereocenters. The molecule has 4 aliphatic heterocycles. The van der Waals surface area contributed by atoms with E-state index in [-0.39, 0.29) is 61.0 Å². The van der Waals surface area contributed by atoms with Gasteiger partial charge in [-0.3, -0.25) is 14.5 Å². The monoisotopic (exact) mass is 995 g/mol. The van der Waals surface area contributed by atoms with Crippen LogP contribution in [-0.4, -0.2) is 144 Å². The lowest BCUT2D eigenvalue weighted by molar-refractivity contribution is -0.271. The average molecular weight is 996 g/mol. The Labute approximate surface area is 400 Å². The highest BCUT2D eigenvalue weighted by atomic mass is 32.2. The summed E-state index contributed by atoms with van der Waals surface area (Å²) in [5.74, 6) is -2.62. The summed E-state index contributed by atoms with van der Waals surface area (Å²) in [7, 11) is -2.17. The Morgan fingerprint density at radius 1 is 1.00 bits per heavy atom. The molecule has 6 heterocycles. The zero-order chi connectivity index (χ0) is 50.2. The van der Waals surface area contributed by atoms with E-state index < -0.39 is 101 Å². The van der Waals surface area contributed by atoms with Crippen molar-refractivity contribution in [3.05, 3.63) is 74.6 Å². The highest BCUT2D eigenvalue weighted by Gasteiger charge is 2.50. The van der Waals surface area contributed by atoms with Crippen molar-refractivity contribution in [2.24, 2.45) is 0 Å². The number of aliphatic carboxylic acids is 1. The van der Waals surface area contributed by atoms with Crippen LogP contribution < -0.4 is 30.4 Å². The quantitative estimate of drug-likeness (QED) is 0.0531. The summed E-state index contributed by atoms with van der Waals surface area (Å²) in [6.45, 7) is 1.85. The largest absolute Gasteiger partial charge is 0.479 e. The Hall–Kier alpha value is -6.41. The number of benzene rings is 2. The van der Waals surface area contributed by atoms with Gasteiger partial charge in [0.15, 0.2) is 23.2 Å². The van der Waals surface area contributed by atoms with Gasteiger partial charge in [0.2, 0.25) is 19.0 Å². The number of unbranched alkanes of at least 4 members (excludes halogenated alkanes) is 1. The van der Waals surface area contributed by atoms with Crippen molar-refractivity contribution >= 4 is 50.4 Å². The van der Waals surface area contributed by atoms with Gasteiger partial charge in [-0.25, -0.2) is 27.8 Å². The molecule has 6 N–H and O–H groups in total. The van der Waals surface area contributed by atoms with E-state index >= 15 is 0 Å². The molecule has 1 fully saturated rings. The molecule has 1 saturated heterocycles. The number of likely N-dealkylation sites (N-methyl/N-ethyl adjacent to an activating group) is 1. The number of anilines is 1. The molecule has 4 aromatic rings. The number of carboxylic acid groups (broad SMARTS) is 1. The van der Waals surface area contributed by atoms with E-state index in [1.54, 1.807) is 23.6 Å². The second-order valence-electron chi connectivity index (χ2n) is 17.3. The van der Waals surface area contributed by atoms with E-state index in [9.17, 15) is 52.8 Å².